The van der Waals surface area contributed by atoms with Gasteiger partial charge in [-0.15, -0.1) is 0 Å². The molecule has 0 unspecified atom stereocenters. The van der Waals surface area contributed by atoms with Crippen molar-refractivity contribution in [3.63, 3.8) is 0 Å². The van der Waals surface area contributed by atoms with Crippen LogP contribution in [0.2, 0.25) is 0 Å². The van der Waals surface area contributed by atoms with E-state index < -0.39 is 9.84 Å². The standard InChI is InChI=1S/C19H24O6S/c1-24-17-9-16(12-21)18(19(10-17)25-2)7-8-26(22,23)13-15-5-3-14(11-20)4-6-15/h3-6,9-10,20-21H,7-8,11-13H2,1-2H3. The molecule has 142 valence electrons. The van der Waals surface area contributed by atoms with Crippen LogP contribution < -0.4 is 9.47 Å². The second-order valence-electron chi connectivity index (χ2n) is 5.94. The molecule has 2 N–H and O–H groups in total. The number of hydrogen-bond donors (Lipinski definition) is 2. The van der Waals surface area contributed by atoms with E-state index in [2.05, 4.69) is 0 Å². The van der Waals surface area contributed by atoms with Gasteiger partial charge in [0.25, 0.3) is 0 Å². The molecular weight excluding hydrogens is 356 g/mol. The zero-order valence-corrected chi connectivity index (χ0v) is 15.8. The first-order chi connectivity index (χ1) is 12.4. The van der Waals surface area contributed by atoms with Crippen LogP contribution in [0.1, 0.15) is 22.3 Å². The van der Waals surface area contributed by atoms with Crippen molar-refractivity contribution in [3.8, 4) is 11.5 Å². The number of sulfone groups is 1. The predicted octanol–water partition coefficient (Wildman–Crippen LogP) is 1.85. The molecule has 2 rings (SSSR count). The predicted molar refractivity (Wildman–Crippen MR) is 99.0 cm³/mol. The van der Waals surface area contributed by atoms with E-state index in [0.717, 1.165) is 5.56 Å². The summed E-state index contributed by atoms with van der Waals surface area (Å²) in [5.41, 5.74) is 2.66. The van der Waals surface area contributed by atoms with Gasteiger partial charge in [-0.1, -0.05) is 24.3 Å². The van der Waals surface area contributed by atoms with Crippen molar-refractivity contribution in [1.82, 2.24) is 0 Å². The van der Waals surface area contributed by atoms with Gasteiger partial charge >= 0.3 is 0 Å². The highest BCUT2D eigenvalue weighted by Crippen LogP contribution is 2.30. The van der Waals surface area contributed by atoms with Crippen molar-refractivity contribution in [3.05, 3.63) is 58.7 Å². The Morgan fingerprint density at radius 1 is 0.923 bits per heavy atom. The Morgan fingerprint density at radius 3 is 2.12 bits per heavy atom. The van der Waals surface area contributed by atoms with Crippen LogP contribution in [0.25, 0.3) is 0 Å². The fourth-order valence-electron chi connectivity index (χ4n) is 2.72. The summed E-state index contributed by atoms with van der Waals surface area (Å²) in [7, 11) is -0.336. The summed E-state index contributed by atoms with van der Waals surface area (Å²) < 4.78 is 35.4. The zero-order valence-electron chi connectivity index (χ0n) is 14.9. The van der Waals surface area contributed by atoms with Gasteiger partial charge in [0.2, 0.25) is 0 Å². The van der Waals surface area contributed by atoms with Crippen LogP contribution in [-0.2, 0) is 35.2 Å². The lowest BCUT2D eigenvalue weighted by atomic mass is 10.0. The van der Waals surface area contributed by atoms with Crippen molar-refractivity contribution >= 4 is 9.84 Å². The molecule has 0 aliphatic carbocycles. The molecule has 0 aliphatic rings. The first-order valence-corrected chi connectivity index (χ1v) is 9.98. The Morgan fingerprint density at radius 2 is 1.58 bits per heavy atom. The van der Waals surface area contributed by atoms with Crippen LogP contribution in [0.4, 0.5) is 0 Å². The van der Waals surface area contributed by atoms with Gasteiger partial charge in [0.1, 0.15) is 11.5 Å². The molecule has 0 radical (unpaired) electrons. The van der Waals surface area contributed by atoms with Crippen LogP contribution in [-0.4, -0.2) is 38.6 Å². The average Bonchev–Trinajstić information content (AvgIpc) is 2.65. The molecule has 0 saturated carbocycles. The maximum atomic E-state index is 12.5. The van der Waals surface area contributed by atoms with Gasteiger partial charge in [0.15, 0.2) is 9.84 Å². The molecule has 0 saturated heterocycles. The largest absolute Gasteiger partial charge is 0.497 e. The smallest absolute Gasteiger partial charge is 0.154 e. The molecular formula is C19H24O6S. The fourth-order valence-corrected chi connectivity index (χ4v) is 4.08. The lowest BCUT2D eigenvalue weighted by Crippen LogP contribution is -2.13. The minimum absolute atomic E-state index is 0.0650. The highest BCUT2D eigenvalue weighted by molar-refractivity contribution is 7.90. The van der Waals surface area contributed by atoms with E-state index in [9.17, 15) is 13.5 Å². The second kappa shape index (κ2) is 9.02. The maximum absolute atomic E-state index is 12.5. The summed E-state index contributed by atoms with van der Waals surface area (Å²) in [6, 6.07) is 10.2. The molecule has 0 fully saturated rings. The van der Waals surface area contributed by atoms with E-state index in [-0.39, 0.29) is 31.1 Å². The van der Waals surface area contributed by atoms with Gasteiger partial charge in [-0.05, 0) is 29.2 Å². The van der Waals surface area contributed by atoms with Gasteiger partial charge in [-0.25, -0.2) is 8.42 Å². The number of ether oxygens (including phenoxy) is 2. The van der Waals surface area contributed by atoms with Crippen LogP contribution in [0.5, 0.6) is 11.5 Å². The third-order valence-corrected chi connectivity index (χ3v) is 5.76. The Bertz CT molecular complexity index is 803. The van der Waals surface area contributed by atoms with Gasteiger partial charge < -0.3 is 19.7 Å². The van der Waals surface area contributed by atoms with Crippen LogP contribution >= 0.6 is 0 Å². The van der Waals surface area contributed by atoms with Crippen molar-refractivity contribution in [2.75, 3.05) is 20.0 Å². The molecule has 26 heavy (non-hydrogen) atoms. The number of benzene rings is 2. The fraction of sp³-hybridized carbons (Fsp3) is 0.368. The van der Waals surface area contributed by atoms with Crippen LogP contribution in [0, 0.1) is 0 Å². The van der Waals surface area contributed by atoms with Gasteiger partial charge in [-0.3, -0.25) is 0 Å². The van der Waals surface area contributed by atoms with E-state index in [0.29, 0.717) is 28.2 Å². The molecule has 7 heteroatoms. The average molecular weight is 380 g/mol. The molecule has 0 atom stereocenters. The Kier molecular flexibility index (Phi) is 7.02. The number of hydrogen-bond acceptors (Lipinski definition) is 6. The van der Waals surface area contributed by atoms with E-state index in [1.807, 2.05) is 0 Å². The summed E-state index contributed by atoms with van der Waals surface area (Å²) >= 11 is 0. The van der Waals surface area contributed by atoms with Gasteiger partial charge in [0.05, 0.1) is 38.9 Å². The molecule has 0 amide bonds. The quantitative estimate of drug-likeness (QED) is 0.690. The molecule has 2 aromatic carbocycles. The molecule has 0 aromatic heterocycles. The Balaban J connectivity index is 2.15. The Hall–Kier alpha value is -2.09. The SMILES string of the molecule is COc1cc(CO)c(CCS(=O)(=O)Cc2ccc(CO)cc2)c(OC)c1. The molecule has 0 bridgehead atoms. The number of methoxy groups -OCH3 is 2. The molecule has 0 spiro atoms. The number of rotatable bonds is 9. The van der Waals surface area contributed by atoms with Crippen LogP contribution in [0.15, 0.2) is 36.4 Å². The number of aliphatic hydroxyl groups is 2. The first kappa shape index (κ1) is 20.2. The van der Waals surface area contributed by atoms with Crippen molar-refractivity contribution < 1.29 is 28.1 Å². The lowest BCUT2D eigenvalue weighted by molar-refractivity contribution is 0.278. The minimum Gasteiger partial charge on any atom is -0.497 e. The van der Waals surface area contributed by atoms with Crippen molar-refractivity contribution in [1.29, 1.82) is 0 Å². The summed E-state index contributed by atoms with van der Waals surface area (Å²) in [6.45, 7) is -0.306. The summed E-state index contributed by atoms with van der Waals surface area (Å²) in [5, 5.41) is 18.6. The maximum Gasteiger partial charge on any atom is 0.154 e. The topological polar surface area (TPSA) is 93.1 Å². The molecule has 0 heterocycles. The Labute approximate surface area is 153 Å². The highest BCUT2D eigenvalue weighted by Gasteiger charge is 2.17. The summed E-state index contributed by atoms with van der Waals surface area (Å²) in [5.74, 6) is 0.896. The third kappa shape index (κ3) is 5.20. The van der Waals surface area contributed by atoms with E-state index >= 15 is 0 Å². The van der Waals surface area contributed by atoms with Crippen molar-refractivity contribution in [2.24, 2.45) is 0 Å². The van der Waals surface area contributed by atoms with E-state index in [1.165, 1.54) is 14.2 Å². The van der Waals surface area contributed by atoms with Crippen molar-refractivity contribution in [2.45, 2.75) is 25.4 Å². The monoisotopic (exact) mass is 380 g/mol. The molecule has 2 aromatic rings. The van der Waals surface area contributed by atoms with E-state index in [4.69, 9.17) is 14.6 Å². The normalized spacial score (nSPS) is 11.4. The number of aliphatic hydroxyl groups excluding tert-OH is 2. The molecule has 6 nitrogen and oxygen atoms in total. The summed E-state index contributed by atoms with van der Waals surface area (Å²) in [4.78, 5) is 0. The minimum atomic E-state index is -3.35. The van der Waals surface area contributed by atoms with Gasteiger partial charge in [-0.2, -0.15) is 0 Å². The molecule has 0 aliphatic heterocycles. The van der Waals surface area contributed by atoms with Crippen LogP contribution in [0.3, 0.4) is 0 Å². The zero-order chi connectivity index (χ0) is 19.2. The second-order valence-corrected chi connectivity index (χ2v) is 8.13. The highest BCUT2D eigenvalue weighted by atomic mass is 32.2. The van der Waals surface area contributed by atoms with E-state index in [1.54, 1.807) is 36.4 Å². The first-order valence-electron chi connectivity index (χ1n) is 8.16. The van der Waals surface area contributed by atoms with Gasteiger partial charge in [0, 0.05) is 11.6 Å². The lowest BCUT2D eigenvalue weighted by Gasteiger charge is -2.15. The third-order valence-electron chi connectivity index (χ3n) is 4.16. The summed E-state index contributed by atoms with van der Waals surface area (Å²) in [6.07, 6.45) is 0.236.